The Hall–Kier alpha value is -1.08. The molecule has 1 aliphatic heterocycles. The molecule has 0 bridgehead atoms. The fourth-order valence-corrected chi connectivity index (χ4v) is 4.05. The number of rotatable bonds is 8. The number of thioether (sulfide) groups is 1. The molecule has 0 aromatic carbocycles. The van der Waals surface area contributed by atoms with Crippen LogP contribution in [-0.4, -0.2) is 86.8 Å². The molecule has 12 heteroatoms. The lowest BCUT2D eigenvalue weighted by Crippen LogP contribution is -2.43. The summed E-state index contributed by atoms with van der Waals surface area (Å²) in [4.78, 5) is 13.5. The second-order valence-electron chi connectivity index (χ2n) is 5.04. The maximum atomic E-state index is 12.3. The Kier molecular flexibility index (Phi) is 8.22. The van der Waals surface area contributed by atoms with Crippen LogP contribution >= 0.6 is 11.8 Å². The van der Waals surface area contributed by atoms with Crippen molar-refractivity contribution >= 4 is 33.2 Å². The summed E-state index contributed by atoms with van der Waals surface area (Å²) in [5.41, 5.74) is 0. The van der Waals surface area contributed by atoms with Gasteiger partial charge < -0.3 is 14.4 Å². The molecule has 0 spiro atoms. The van der Waals surface area contributed by atoms with Crippen LogP contribution in [0.1, 0.15) is 13.3 Å². The van der Waals surface area contributed by atoms with Crippen molar-refractivity contribution in [3.8, 4) is 0 Å². The van der Waals surface area contributed by atoms with Gasteiger partial charge in [0, 0.05) is 34.9 Å². The molecule has 10 nitrogen and oxygen atoms in total. The molecule has 1 rings (SSSR count). The normalized spacial score (nSPS) is 15.1. The standard InChI is InChI=1S/C12H25N5O5S2/c1-6-7-16(3)24(19,20)17-9-23-11(14-17)13-12(18)15(2)8-10(21-4)22-5/h10H,6-9H2,1-5H3,(H,13,14,18). The largest absolute Gasteiger partial charge is 0.354 e. The average molecular weight is 383 g/mol. The van der Waals surface area contributed by atoms with Gasteiger partial charge in [0.15, 0.2) is 11.5 Å². The number of hydrazone groups is 1. The van der Waals surface area contributed by atoms with Crippen LogP contribution in [0.5, 0.6) is 0 Å². The predicted octanol–water partition coefficient (Wildman–Crippen LogP) is 0.111. The van der Waals surface area contributed by atoms with Gasteiger partial charge in [-0.2, -0.15) is 17.1 Å². The van der Waals surface area contributed by atoms with Crippen LogP contribution in [0.2, 0.25) is 0 Å². The Bertz CT molecular complexity index is 552. The third-order valence-electron chi connectivity index (χ3n) is 3.22. The van der Waals surface area contributed by atoms with Crippen molar-refractivity contribution in [1.29, 1.82) is 0 Å². The molecule has 140 valence electrons. The fraction of sp³-hybridized carbons (Fsp3) is 0.833. The number of nitrogens with one attached hydrogen (secondary N) is 1. The van der Waals surface area contributed by atoms with Crippen LogP contribution in [0.4, 0.5) is 4.79 Å². The molecule has 0 unspecified atom stereocenters. The second-order valence-corrected chi connectivity index (χ2v) is 7.92. The van der Waals surface area contributed by atoms with Crippen molar-refractivity contribution in [2.75, 3.05) is 47.3 Å². The SMILES string of the molecule is CCCN(C)S(=O)(=O)N1CSC(NC(=O)N(C)CC(OC)OC)=N1. The summed E-state index contributed by atoms with van der Waals surface area (Å²) in [7, 11) is 2.37. The lowest BCUT2D eigenvalue weighted by Gasteiger charge is -2.22. The van der Waals surface area contributed by atoms with Crippen LogP contribution in [-0.2, 0) is 19.7 Å². The van der Waals surface area contributed by atoms with E-state index in [1.54, 1.807) is 7.05 Å². The number of ether oxygens (including phenoxy) is 2. The summed E-state index contributed by atoms with van der Waals surface area (Å²) in [5.74, 6) is 0.120. The van der Waals surface area contributed by atoms with Crippen LogP contribution in [0.25, 0.3) is 0 Å². The first-order valence-corrected chi connectivity index (χ1v) is 9.67. The Morgan fingerprint density at radius 3 is 2.58 bits per heavy atom. The van der Waals surface area contributed by atoms with Gasteiger partial charge in [0.25, 0.3) is 0 Å². The molecular weight excluding hydrogens is 358 g/mol. The molecule has 0 radical (unpaired) electrons. The molecule has 1 heterocycles. The number of nitrogens with zero attached hydrogens (tertiary/aromatic N) is 4. The van der Waals surface area contributed by atoms with Crippen LogP contribution in [0.15, 0.2) is 5.10 Å². The number of carbonyl (C=O) groups is 1. The molecule has 0 fully saturated rings. The number of carbonyl (C=O) groups excluding carboxylic acids is 1. The maximum Gasteiger partial charge on any atom is 0.323 e. The molecule has 0 aliphatic carbocycles. The summed E-state index contributed by atoms with van der Waals surface area (Å²) in [5, 5.41) is 6.76. The zero-order chi connectivity index (χ0) is 18.3. The van der Waals surface area contributed by atoms with E-state index in [0.29, 0.717) is 13.0 Å². The predicted molar refractivity (Wildman–Crippen MR) is 92.5 cm³/mol. The van der Waals surface area contributed by atoms with Crippen LogP contribution in [0.3, 0.4) is 0 Å². The molecule has 0 atom stereocenters. The summed E-state index contributed by atoms with van der Waals surface area (Å²) in [6.45, 7) is 2.51. The lowest BCUT2D eigenvalue weighted by atomic mass is 10.5. The lowest BCUT2D eigenvalue weighted by molar-refractivity contribution is -0.109. The van der Waals surface area contributed by atoms with E-state index in [-0.39, 0.29) is 17.6 Å². The highest BCUT2D eigenvalue weighted by molar-refractivity contribution is 8.14. The number of amidine groups is 1. The zero-order valence-corrected chi connectivity index (χ0v) is 16.2. The van der Waals surface area contributed by atoms with Crippen molar-refractivity contribution in [3.63, 3.8) is 0 Å². The first-order valence-electron chi connectivity index (χ1n) is 7.29. The van der Waals surface area contributed by atoms with E-state index in [9.17, 15) is 13.2 Å². The molecule has 0 saturated heterocycles. The first kappa shape index (κ1) is 21.0. The topological polar surface area (TPSA) is 104 Å². The zero-order valence-electron chi connectivity index (χ0n) is 14.6. The quantitative estimate of drug-likeness (QED) is 0.597. The Morgan fingerprint density at radius 1 is 1.42 bits per heavy atom. The molecule has 2 amide bonds. The van der Waals surface area contributed by atoms with E-state index >= 15 is 0 Å². The van der Waals surface area contributed by atoms with Crippen molar-refractivity contribution in [1.82, 2.24) is 18.9 Å². The highest BCUT2D eigenvalue weighted by atomic mass is 32.2. The minimum absolute atomic E-state index is 0.120. The smallest absolute Gasteiger partial charge is 0.323 e. The van der Waals surface area contributed by atoms with Crippen molar-refractivity contribution in [2.24, 2.45) is 5.10 Å². The van der Waals surface area contributed by atoms with E-state index in [2.05, 4.69) is 10.4 Å². The number of amides is 2. The monoisotopic (exact) mass is 383 g/mol. The van der Waals surface area contributed by atoms with Crippen molar-refractivity contribution in [2.45, 2.75) is 19.6 Å². The van der Waals surface area contributed by atoms with E-state index in [0.717, 1.165) is 16.2 Å². The van der Waals surface area contributed by atoms with E-state index < -0.39 is 22.5 Å². The minimum atomic E-state index is -3.66. The Morgan fingerprint density at radius 2 is 2.04 bits per heavy atom. The van der Waals surface area contributed by atoms with Gasteiger partial charge in [-0.1, -0.05) is 18.7 Å². The third kappa shape index (κ3) is 5.48. The van der Waals surface area contributed by atoms with Gasteiger partial charge in [-0.15, -0.1) is 5.10 Å². The van der Waals surface area contributed by atoms with Gasteiger partial charge >= 0.3 is 16.2 Å². The van der Waals surface area contributed by atoms with E-state index in [4.69, 9.17) is 9.47 Å². The van der Waals surface area contributed by atoms with Gasteiger partial charge in [0.1, 0.15) is 5.88 Å². The summed E-state index contributed by atoms with van der Waals surface area (Å²) in [6.07, 6.45) is 0.160. The van der Waals surface area contributed by atoms with Crippen molar-refractivity contribution in [3.05, 3.63) is 0 Å². The number of urea groups is 1. The van der Waals surface area contributed by atoms with Crippen LogP contribution in [0, 0.1) is 0 Å². The maximum absolute atomic E-state index is 12.3. The Balaban J connectivity index is 2.65. The number of hydrogen-bond acceptors (Lipinski definition) is 7. The van der Waals surface area contributed by atoms with Gasteiger partial charge in [-0.3, -0.25) is 5.32 Å². The first-order chi connectivity index (χ1) is 11.3. The van der Waals surface area contributed by atoms with Crippen LogP contribution < -0.4 is 5.32 Å². The second kappa shape index (κ2) is 9.42. The molecule has 1 N–H and O–H groups in total. The number of hydrogen-bond donors (Lipinski definition) is 1. The average Bonchev–Trinajstić information content (AvgIpc) is 3.01. The summed E-state index contributed by atoms with van der Waals surface area (Å²) < 4.78 is 36.8. The van der Waals surface area contributed by atoms with E-state index in [1.807, 2.05) is 6.92 Å². The minimum Gasteiger partial charge on any atom is -0.354 e. The molecule has 24 heavy (non-hydrogen) atoms. The fourth-order valence-electron chi connectivity index (χ4n) is 1.78. The van der Waals surface area contributed by atoms with E-state index in [1.165, 1.54) is 30.5 Å². The van der Waals surface area contributed by atoms with Gasteiger partial charge in [-0.05, 0) is 6.42 Å². The highest BCUT2D eigenvalue weighted by Crippen LogP contribution is 2.21. The molecule has 0 saturated carbocycles. The van der Waals surface area contributed by atoms with Gasteiger partial charge in [0.05, 0.1) is 6.54 Å². The highest BCUT2D eigenvalue weighted by Gasteiger charge is 2.31. The molecular formula is C12H25N5O5S2. The molecule has 0 aromatic heterocycles. The summed E-state index contributed by atoms with van der Waals surface area (Å²) in [6, 6.07) is -0.429. The summed E-state index contributed by atoms with van der Waals surface area (Å²) >= 11 is 1.14. The third-order valence-corrected chi connectivity index (χ3v) is 5.93. The number of methoxy groups -OCH3 is 2. The van der Waals surface area contributed by atoms with Crippen molar-refractivity contribution < 1.29 is 22.7 Å². The molecule has 1 aliphatic rings. The van der Waals surface area contributed by atoms with Gasteiger partial charge in [0.2, 0.25) is 0 Å². The Labute approximate surface area is 147 Å². The molecule has 0 aromatic rings. The number of likely N-dealkylation sites (N-methyl/N-ethyl adjacent to an activating group) is 1. The van der Waals surface area contributed by atoms with Gasteiger partial charge in [-0.25, -0.2) is 4.79 Å².